The first-order valence-electron chi connectivity index (χ1n) is 11.4. The zero-order valence-corrected chi connectivity index (χ0v) is 18.9. The van der Waals surface area contributed by atoms with Crippen molar-refractivity contribution in [1.29, 1.82) is 0 Å². The zero-order chi connectivity index (χ0) is 22.8. The van der Waals surface area contributed by atoms with E-state index < -0.39 is 0 Å². The molecule has 0 saturated carbocycles. The maximum Gasteiger partial charge on any atom is 0.163 e. The molecule has 2 N–H and O–H groups in total. The number of benzene rings is 3. The Labute approximate surface area is 194 Å². The first-order chi connectivity index (χ1) is 16.2. The van der Waals surface area contributed by atoms with E-state index in [0.717, 1.165) is 51.7 Å². The molecule has 0 bridgehead atoms. The molecule has 0 spiro atoms. The Hall–Kier alpha value is -3.73. The molecule has 2 aliphatic rings. The van der Waals surface area contributed by atoms with E-state index in [1.54, 1.807) is 7.11 Å². The van der Waals surface area contributed by atoms with Gasteiger partial charge >= 0.3 is 0 Å². The Morgan fingerprint density at radius 2 is 1.52 bits per heavy atom. The zero-order valence-electron chi connectivity index (χ0n) is 18.9. The third kappa shape index (κ3) is 4.19. The molecule has 1 heterocycles. The number of rotatable bonds is 5. The molecule has 1 aliphatic carbocycles. The monoisotopic (exact) mass is 440 g/mol. The van der Waals surface area contributed by atoms with Gasteiger partial charge in [-0.3, -0.25) is 4.79 Å². The van der Waals surface area contributed by atoms with E-state index in [2.05, 4.69) is 28.8 Å². The quantitative estimate of drug-likeness (QED) is 0.504. The second-order valence-corrected chi connectivity index (χ2v) is 8.44. The van der Waals surface area contributed by atoms with E-state index in [1.165, 1.54) is 0 Å². The molecular weight excluding hydrogens is 412 g/mol. The largest absolute Gasteiger partial charge is 0.497 e. The number of carbonyl (C=O) groups is 1. The Kier molecular flexibility index (Phi) is 5.78. The number of allylic oxidation sites excluding steroid dienone is 1. The van der Waals surface area contributed by atoms with E-state index in [4.69, 9.17) is 9.47 Å². The van der Waals surface area contributed by atoms with Gasteiger partial charge in [0.1, 0.15) is 11.5 Å². The molecule has 0 fully saturated rings. The highest BCUT2D eigenvalue weighted by Crippen LogP contribution is 2.44. The fourth-order valence-corrected chi connectivity index (χ4v) is 4.78. The van der Waals surface area contributed by atoms with Crippen LogP contribution in [0.15, 0.2) is 84.1 Å². The molecule has 0 aromatic heterocycles. The van der Waals surface area contributed by atoms with Crippen molar-refractivity contribution in [2.45, 2.75) is 31.7 Å². The standard InChI is InChI=1S/C28H28N2O3/c1-3-33-22-14-10-19(11-15-22)28-27-25(29-23-6-4-5-7-24(23)30-28)16-20(17-26(27)31)18-8-12-21(32-2)13-9-18/h4-15,20,28-30H,3,16-17H2,1-2H3/t20-,28+/m1/s1. The van der Waals surface area contributed by atoms with Gasteiger partial charge in [0, 0.05) is 17.7 Å². The lowest BCUT2D eigenvalue weighted by molar-refractivity contribution is -0.116. The predicted molar refractivity (Wildman–Crippen MR) is 131 cm³/mol. The van der Waals surface area contributed by atoms with Crippen LogP contribution in [-0.4, -0.2) is 19.5 Å². The van der Waals surface area contributed by atoms with Crippen LogP contribution in [0.1, 0.15) is 42.9 Å². The van der Waals surface area contributed by atoms with Gasteiger partial charge in [-0.1, -0.05) is 36.4 Å². The molecule has 1 aliphatic heterocycles. The average molecular weight is 441 g/mol. The van der Waals surface area contributed by atoms with Crippen molar-refractivity contribution in [3.8, 4) is 11.5 Å². The summed E-state index contributed by atoms with van der Waals surface area (Å²) in [7, 11) is 1.66. The third-order valence-corrected chi connectivity index (χ3v) is 6.42. The summed E-state index contributed by atoms with van der Waals surface area (Å²) in [6, 6.07) is 24.0. The topological polar surface area (TPSA) is 59.6 Å². The SMILES string of the molecule is CCOc1ccc([C@@H]2Nc3ccccc3NC3=C2C(=O)C[C@H](c2ccc(OC)cc2)C3)cc1. The van der Waals surface area contributed by atoms with Crippen LogP contribution in [0.4, 0.5) is 11.4 Å². The molecular formula is C28H28N2O3. The molecule has 3 aromatic carbocycles. The van der Waals surface area contributed by atoms with E-state index in [-0.39, 0.29) is 17.7 Å². The predicted octanol–water partition coefficient (Wildman–Crippen LogP) is 6.07. The van der Waals surface area contributed by atoms with Crippen molar-refractivity contribution in [3.63, 3.8) is 0 Å². The van der Waals surface area contributed by atoms with Crippen LogP contribution in [0.3, 0.4) is 0 Å². The molecule has 0 radical (unpaired) electrons. The van der Waals surface area contributed by atoms with Crippen LogP contribution in [0, 0.1) is 0 Å². The summed E-state index contributed by atoms with van der Waals surface area (Å²) in [5.41, 5.74) is 5.98. The van der Waals surface area contributed by atoms with Gasteiger partial charge in [-0.15, -0.1) is 0 Å². The number of nitrogens with one attached hydrogen (secondary N) is 2. The van der Waals surface area contributed by atoms with Crippen molar-refractivity contribution >= 4 is 17.2 Å². The van der Waals surface area contributed by atoms with Gasteiger partial charge < -0.3 is 20.1 Å². The molecule has 5 rings (SSSR count). The summed E-state index contributed by atoms with van der Waals surface area (Å²) in [6.45, 7) is 2.60. The first kappa shape index (κ1) is 21.1. The molecule has 168 valence electrons. The van der Waals surface area contributed by atoms with Gasteiger partial charge in [-0.2, -0.15) is 0 Å². The minimum absolute atomic E-state index is 0.126. The number of methoxy groups -OCH3 is 1. The summed E-state index contributed by atoms with van der Waals surface area (Å²) in [5, 5.41) is 7.22. The van der Waals surface area contributed by atoms with Crippen LogP contribution in [-0.2, 0) is 4.79 Å². The van der Waals surface area contributed by atoms with Crippen molar-refractivity contribution in [2.24, 2.45) is 0 Å². The van der Waals surface area contributed by atoms with Crippen LogP contribution >= 0.6 is 0 Å². The third-order valence-electron chi connectivity index (χ3n) is 6.42. The second kappa shape index (κ2) is 9.02. The van der Waals surface area contributed by atoms with Crippen LogP contribution < -0.4 is 20.1 Å². The van der Waals surface area contributed by atoms with Crippen LogP contribution in [0.2, 0.25) is 0 Å². The summed E-state index contributed by atoms with van der Waals surface area (Å²) < 4.78 is 10.9. The van der Waals surface area contributed by atoms with Gasteiger partial charge in [0.2, 0.25) is 0 Å². The number of anilines is 2. The van der Waals surface area contributed by atoms with Crippen LogP contribution in [0.25, 0.3) is 0 Å². The molecule has 0 unspecified atom stereocenters. The van der Waals surface area contributed by atoms with Gasteiger partial charge in [0.15, 0.2) is 5.78 Å². The number of para-hydroxylation sites is 2. The lowest BCUT2D eigenvalue weighted by Gasteiger charge is -2.30. The van der Waals surface area contributed by atoms with Gasteiger partial charge in [0.05, 0.1) is 31.1 Å². The minimum Gasteiger partial charge on any atom is -0.497 e. The van der Waals surface area contributed by atoms with E-state index in [0.29, 0.717) is 13.0 Å². The number of carbonyl (C=O) groups excluding carboxylic acids is 1. The summed E-state index contributed by atoms with van der Waals surface area (Å²) in [4.78, 5) is 13.6. The van der Waals surface area contributed by atoms with Crippen molar-refractivity contribution < 1.29 is 14.3 Å². The summed E-state index contributed by atoms with van der Waals surface area (Å²) in [5.74, 6) is 1.95. The Morgan fingerprint density at radius 1 is 0.848 bits per heavy atom. The van der Waals surface area contributed by atoms with Crippen molar-refractivity contribution in [2.75, 3.05) is 24.4 Å². The first-order valence-corrected chi connectivity index (χ1v) is 11.4. The Balaban J connectivity index is 1.54. The van der Waals surface area contributed by atoms with E-state index in [9.17, 15) is 4.79 Å². The lowest BCUT2D eigenvalue weighted by atomic mass is 9.78. The highest BCUT2D eigenvalue weighted by Gasteiger charge is 2.36. The minimum atomic E-state index is -0.226. The van der Waals surface area contributed by atoms with Crippen LogP contribution in [0.5, 0.6) is 11.5 Å². The maximum absolute atomic E-state index is 13.6. The molecule has 33 heavy (non-hydrogen) atoms. The fourth-order valence-electron chi connectivity index (χ4n) is 4.78. The molecule has 5 heteroatoms. The highest BCUT2D eigenvalue weighted by atomic mass is 16.5. The lowest BCUT2D eigenvalue weighted by Crippen LogP contribution is -2.26. The number of hydrogen-bond donors (Lipinski definition) is 2. The molecule has 3 aromatic rings. The number of Topliss-reactive ketones (excluding diaryl/α,β-unsaturated/α-hetero) is 1. The molecule has 2 atom stereocenters. The van der Waals surface area contributed by atoms with Gasteiger partial charge in [0.25, 0.3) is 0 Å². The smallest absolute Gasteiger partial charge is 0.163 e. The number of ketones is 1. The van der Waals surface area contributed by atoms with Gasteiger partial charge in [-0.25, -0.2) is 0 Å². The Bertz CT molecular complexity index is 1180. The fraction of sp³-hybridized carbons (Fsp3) is 0.250. The Morgan fingerprint density at radius 3 is 2.21 bits per heavy atom. The number of hydrogen-bond acceptors (Lipinski definition) is 5. The average Bonchev–Trinajstić information content (AvgIpc) is 3.02. The normalized spacial score (nSPS) is 19.5. The summed E-state index contributed by atoms with van der Waals surface area (Å²) in [6.07, 6.45) is 1.26. The van der Waals surface area contributed by atoms with E-state index >= 15 is 0 Å². The number of fused-ring (bicyclic) bond motifs is 1. The highest BCUT2D eigenvalue weighted by molar-refractivity contribution is 6.01. The second-order valence-electron chi connectivity index (χ2n) is 8.44. The molecule has 0 saturated heterocycles. The number of ether oxygens (including phenoxy) is 2. The van der Waals surface area contributed by atoms with E-state index in [1.807, 2.05) is 61.5 Å². The maximum atomic E-state index is 13.6. The molecule has 0 amide bonds. The van der Waals surface area contributed by atoms with Crippen molar-refractivity contribution in [1.82, 2.24) is 0 Å². The van der Waals surface area contributed by atoms with Gasteiger partial charge in [-0.05, 0) is 66.8 Å². The summed E-state index contributed by atoms with van der Waals surface area (Å²) >= 11 is 0. The molecule has 5 nitrogen and oxygen atoms in total. The van der Waals surface area contributed by atoms with Crippen molar-refractivity contribution in [3.05, 3.63) is 95.2 Å².